The third kappa shape index (κ3) is 1.14. The van der Waals surface area contributed by atoms with Crippen LogP contribution in [0.25, 0.3) is 0 Å². The second-order valence-electron chi connectivity index (χ2n) is 2.01. The summed E-state index contributed by atoms with van der Waals surface area (Å²) in [4.78, 5) is 7.89. The first-order valence-corrected chi connectivity index (χ1v) is 3.19. The van der Waals surface area contributed by atoms with Gasteiger partial charge < -0.3 is 9.47 Å². The fourth-order valence-corrected chi connectivity index (χ4v) is 0.811. The quantitative estimate of drug-likeness (QED) is 0.598. The number of rotatable bonds is 1. The van der Waals surface area contributed by atoms with Gasteiger partial charge in [0.05, 0.1) is 6.20 Å². The van der Waals surface area contributed by atoms with E-state index in [2.05, 4.69) is 9.97 Å². The lowest BCUT2D eigenvalue weighted by atomic mass is 10.4. The Morgan fingerprint density at radius 2 is 2.00 bits per heavy atom. The van der Waals surface area contributed by atoms with Crippen LogP contribution in [0, 0.1) is 0 Å². The van der Waals surface area contributed by atoms with Crippen molar-refractivity contribution in [2.75, 3.05) is 0 Å². The van der Waals surface area contributed by atoms with E-state index in [1.165, 1.54) is 12.5 Å². The zero-order valence-corrected chi connectivity index (χ0v) is 5.68. The molecule has 0 aliphatic carbocycles. The predicted molar refractivity (Wildman–Crippen MR) is 36.1 cm³/mol. The smallest absolute Gasteiger partial charge is 0.284 e. The summed E-state index contributed by atoms with van der Waals surface area (Å²) in [6.07, 6.45) is 7.37. The Labute approximate surface area is 63.5 Å². The molecule has 1 aromatic heterocycles. The fourth-order valence-electron chi connectivity index (χ4n) is 0.811. The van der Waals surface area contributed by atoms with Gasteiger partial charge in [-0.3, -0.25) is 9.97 Å². The van der Waals surface area contributed by atoms with E-state index in [1.54, 1.807) is 18.6 Å². The highest BCUT2D eigenvalue weighted by Gasteiger charge is 2.15. The summed E-state index contributed by atoms with van der Waals surface area (Å²) in [5, 5.41) is 0. The second-order valence-corrected chi connectivity index (χ2v) is 2.01. The highest BCUT2D eigenvalue weighted by molar-refractivity contribution is 4.98. The Morgan fingerprint density at radius 1 is 1.18 bits per heavy atom. The van der Waals surface area contributed by atoms with E-state index in [9.17, 15) is 0 Å². The summed E-state index contributed by atoms with van der Waals surface area (Å²) >= 11 is 0. The van der Waals surface area contributed by atoms with Gasteiger partial charge in [-0.05, 0) is 0 Å². The molecule has 0 spiro atoms. The van der Waals surface area contributed by atoms with Gasteiger partial charge in [-0.25, -0.2) is 0 Å². The maximum atomic E-state index is 5.03. The van der Waals surface area contributed by atoms with Crippen molar-refractivity contribution in [3.05, 3.63) is 36.8 Å². The van der Waals surface area contributed by atoms with Crippen LogP contribution in [0.2, 0.25) is 0 Å². The van der Waals surface area contributed by atoms with Crippen LogP contribution in [0.1, 0.15) is 12.0 Å². The van der Waals surface area contributed by atoms with Crippen LogP contribution in [0.3, 0.4) is 0 Å². The number of hydrogen-bond donors (Lipinski definition) is 0. The first-order valence-electron chi connectivity index (χ1n) is 3.19. The molecule has 0 saturated heterocycles. The highest BCUT2D eigenvalue weighted by atomic mass is 16.7. The van der Waals surface area contributed by atoms with Crippen molar-refractivity contribution >= 4 is 0 Å². The van der Waals surface area contributed by atoms with Crippen molar-refractivity contribution < 1.29 is 9.47 Å². The van der Waals surface area contributed by atoms with E-state index >= 15 is 0 Å². The van der Waals surface area contributed by atoms with Crippen LogP contribution < -0.4 is 0 Å². The molecule has 4 nitrogen and oxygen atoms in total. The minimum atomic E-state index is -0.413. The second kappa shape index (κ2) is 2.57. The average molecular weight is 150 g/mol. The minimum Gasteiger partial charge on any atom is -0.454 e. The van der Waals surface area contributed by atoms with Gasteiger partial charge in [0.2, 0.25) is 0 Å². The summed E-state index contributed by atoms with van der Waals surface area (Å²) in [7, 11) is 0. The van der Waals surface area contributed by atoms with Gasteiger partial charge >= 0.3 is 0 Å². The maximum absolute atomic E-state index is 5.03. The van der Waals surface area contributed by atoms with Gasteiger partial charge in [0, 0.05) is 12.4 Å². The lowest BCUT2D eigenvalue weighted by molar-refractivity contribution is -0.0282. The van der Waals surface area contributed by atoms with E-state index in [1.807, 2.05) is 0 Å². The van der Waals surface area contributed by atoms with Gasteiger partial charge in [-0.15, -0.1) is 0 Å². The maximum Gasteiger partial charge on any atom is 0.284 e. The van der Waals surface area contributed by atoms with Crippen LogP contribution in [0.4, 0.5) is 0 Å². The molecule has 1 aromatic rings. The summed E-state index contributed by atoms with van der Waals surface area (Å²) in [5.41, 5.74) is 0.678. The van der Waals surface area contributed by atoms with E-state index in [0.29, 0.717) is 5.69 Å². The molecule has 4 heteroatoms. The lowest BCUT2D eigenvalue weighted by Gasteiger charge is -2.07. The molecule has 2 heterocycles. The van der Waals surface area contributed by atoms with Crippen LogP contribution >= 0.6 is 0 Å². The molecule has 0 atom stereocenters. The molecule has 56 valence electrons. The van der Waals surface area contributed by atoms with E-state index < -0.39 is 6.29 Å². The summed E-state index contributed by atoms with van der Waals surface area (Å²) in [6, 6.07) is 0. The molecule has 0 bridgehead atoms. The van der Waals surface area contributed by atoms with Crippen molar-refractivity contribution in [1.82, 2.24) is 9.97 Å². The van der Waals surface area contributed by atoms with Crippen molar-refractivity contribution in [3.63, 3.8) is 0 Å². The van der Waals surface area contributed by atoms with Gasteiger partial charge in [0.25, 0.3) is 6.29 Å². The van der Waals surface area contributed by atoms with Crippen molar-refractivity contribution in [2.24, 2.45) is 0 Å². The molecule has 1 aliphatic rings. The largest absolute Gasteiger partial charge is 0.454 e. The number of nitrogens with zero attached hydrogens (tertiary/aromatic N) is 2. The van der Waals surface area contributed by atoms with Gasteiger partial charge in [-0.1, -0.05) is 0 Å². The normalized spacial score (nSPS) is 16.0. The molecule has 0 radical (unpaired) electrons. The Balaban J connectivity index is 2.17. The van der Waals surface area contributed by atoms with Crippen molar-refractivity contribution in [1.29, 1.82) is 0 Å². The first-order chi connectivity index (χ1) is 5.47. The Kier molecular flexibility index (Phi) is 1.44. The third-order valence-electron chi connectivity index (χ3n) is 1.28. The Hall–Kier alpha value is -1.58. The van der Waals surface area contributed by atoms with Crippen molar-refractivity contribution in [2.45, 2.75) is 6.29 Å². The van der Waals surface area contributed by atoms with Crippen molar-refractivity contribution in [3.8, 4) is 0 Å². The SMILES string of the molecule is C1=COC(c2cnccn2)O1. The Morgan fingerprint density at radius 3 is 2.64 bits per heavy atom. The zero-order valence-electron chi connectivity index (χ0n) is 5.68. The Bertz CT molecular complexity index is 252. The molecular weight excluding hydrogens is 144 g/mol. The van der Waals surface area contributed by atoms with Crippen LogP contribution in [-0.4, -0.2) is 9.97 Å². The molecular formula is C7H6N2O2. The average Bonchev–Trinajstić information content (AvgIpc) is 2.58. The van der Waals surface area contributed by atoms with Gasteiger partial charge in [0.1, 0.15) is 18.2 Å². The molecule has 0 N–H and O–H groups in total. The molecule has 11 heavy (non-hydrogen) atoms. The number of hydrogen-bond acceptors (Lipinski definition) is 4. The lowest BCUT2D eigenvalue weighted by Crippen LogP contribution is -2.00. The summed E-state index contributed by atoms with van der Waals surface area (Å²) in [6.45, 7) is 0. The zero-order chi connectivity index (χ0) is 7.52. The van der Waals surface area contributed by atoms with E-state index in [0.717, 1.165) is 0 Å². The number of aromatic nitrogens is 2. The third-order valence-corrected chi connectivity index (χ3v) is 1.28. The molecule has 0 fully saturated rings. The summed E-state index contributed by atoms with van der Waals surface area (Å²) < 4.78 is 10.1. The molecule has 1 aliphatic heterocycles. The van der Waals surface area contributed by atoms with Crippen LogP contribution in [-0.2, 0) is 9.47 Å². The summed E-state index contributed by atoms with van der Waals surface area (Å²) in [5.74, 6) is 0. The topological polar surface area (TPSA) is 44.2 Å². The first kappa shape index (κ1) is 6.15. The molecule has 2 rings (SSSR count). The monoisotopic (exact) mass is 150 g/mol. The van der Waals surface area contributed by atoms with Gasteiger partial charge in [0.15, 0.2) is 0 Å². The highest BCUT2D eigenvalue weighted by Crippen LogP contribution is 2.20. The molecule has 0 aromatic carbocycles. The van der Waals surface area contributed by atoms with E-state index in [-0.39, 0.29) is 0 Å². The minimum absolute atomic E-state index is 0.413. The molecule has 0 amide bonds. The fraction of sp³-hybridized carbons (Fsp3) is 0.143. The molecule has 0 saturated carbocycles. The van der Waals surface area contributed by atoms with Gasteiger partial charge in [-0.2, -0.15) is 0 Å². The molecule has 0 unspecified atom stereocenters. The number of ether oxygens (including phenoxy) is 2. The van der Waals surface area contributed by atoms with Crippen LogP contribution in [0.5, 0.6) is 0 Å². The predicted octanol–water partition coefficient (Wildman–Crippen LogP) is 0.993. The van der Waals surface area contributed by atoms with E-state index in [4.69, 9.17) is 9.47 Å². The standard InChI is InChI=1S/C7H6N2O2/c1-2-9-6(5-8-1)7-10-3-4-11-7/h1-5,7H. The van der Waals surface area contributed by atoms with Crippen LogP contribution in [0.15, 0.2) is 31.1 Å².